The Morgan fingerprint density at radius 2 is 2.00 bits per heavy atom. The van der Waals surface area contributed by atoms with Gasteiger partial charge in [0.25, 0.3) is 5.89 Å². The topological polar surface area (TPSA) is 83.4 Å². The van der Waals surface area contributed by atoms with E-state index >= 15 is 0 Å². The maximum atomic E-state index is 5.92. The summed E-state index contributed by atoms with van der Waals surface area (Å²) in [7, 11) is 0. The monoisotopic (exact) mass is 261 g/mol. The van der Waals surface area contributed by atoms with Crippen LogP contribution in [-0.4, -0.2) is 16.7 Å². The largest absolute Gasteiger partial charge is 0.485 e. The molecule has 1 atom stereocenters. The maximum absolute atomic E-state index is 5.92. The van der Waals surface area contributed by atoms with Gasteiger partial charge in [0.2, 0.25) is 6.10 Å². The molecule has 0 saturated heterocycles. The van der Waals surface area contributed by atoms with Crippen LogP contribution in [0.5, 0.6) is 11.5 Å². The van der Waals surface area contributed by atoms with E-state index in [-0.39, 0.29) is 0 Å². The minimum Gasteiger partial charge on any atom is -0.485 e. The highest BCUT2D eigenvalue weighted by atomic mass is 16.6. The Morgan fingerprint density at radius 3 is 2.68 bits per heavy atom. The number of ether oxygens (including phenoxy) is 2. The molecule has 0 bridgehead atoms. The van der Waals surface area contributed by atoms with Crippen LogP contribution in [0.4, 0.5) is 0 Å². The summed E-state index contributed by atoms with van der Waals surface area (Å²) in [5, 5.41) is 3.87. The van der Waals surface area contributed by atoms with Gasteiger partial charge in [-0.1, -0.05) is 17.3 Å². The first-order valence-electron chi connectivity index (χ1n) is 6.05. The summed E-state index contributed by atoms with van der Waals surface area (Å²) < 4.78 is 16.6. The number of hydrogen-bond acceptors (Lipinski definition) is 6. The Bertz CT molecular complexity index is 589. The Kier molecular flexibility index (Phi) is 2.67. The van der Waals surface area contributed by atoms with E-state index in [0.717, 1.165) is 5.75 Å². The zero-order chi connectivity index (χ0) is 13.5. The van der Waals surface area contributed by atoms with Crippen LogP contribution in [0.2, 0.25) is 0 Å². The van der Waals surface area contributed by atoms with E-state index in [1.807, 2.05) is 38.1 Å². The van der Waals surface area contributed by atoms with Gasteiger partial charge in [-0.2, -0.15) is 4.98 Å². The summed E-state index contributed by atoms with van der Waals surface area (Å²) in [5.74, 6) is 2.22. The molecule has 6 heteroatoms. The van der Waals surface area contributed by atoms with Gasteiger partial charge in [0.1, 0.15) is 6.61 Å². The Morgan fingerprint density at radius 1 is 1.26 bits per heavy atom. The van der Waals surface area contributed by atoms with Crippen molar-refractivity contribution in [1.29, 1.82) is 0 Å². The molecule has 1 aromatic heterocycles. The lowest BCUT2D eigenvalue weighted by molar-refractivity contribution is 0.0665. The predicted octanol–water partition coefficient (Wildman–Crippen LogP) is 1.78. The van der Waals surface area contributed by atoms with Crippen LogP contribution >= 0.6 is 0 Å². The minimum absolute atomic E-state index is 0.337. The molecule has 19 heavy (non-hydrogen) atoms. The van der Waals surface area contributed by atoms with Crippen molar-refractivity contribution in [1.82, 2.24) is 10.1 Å². The number of aromatic nitrogens is 2. The van der Waals surface area contributed by atoms with Crippen LogP contribution in [-0.2, 0) is 5.54 Å². The zero-order valence-electron chi connectivity index (χ0n) is 10.8. The van der Waals surface area contributed by atoms with Crippen molar-refractivity contribution in [2.24, 2.45) is 5.73 Å². The van der Waals surface area contributed by atoms with Crippen LogP contribution in [0.15, 0.2) is 28.8 Å². The number of hydrogen-bond donors (Lipinski definition) is 1. The second-order valence-electron chi connectivity index (χ2n) is 5.04. The maximum Gasteiger partial charge on any atom is 0.271 e. The minimum atomic E-state index is -0.644. The number of para-hydroxylation sites is 2. The van der Waals surface area contributed by atoms with E-state index in [1.165, 1.54) is 0 Å². The third kappa shape index (κ3) is 2.26. The van der Waals surface area contributed by atoms with Gasteiger partial charge in [-0.25, -0.2) is 0 Å². The lowest BCUT2D eigenvalue weighted by atomic mass is 10.1. The van der Waals surface area contributed by atoms with E-state index < -0.39 is 11.6 Å². The highest BCUT2D eigenvalue weighted by Crippen LogP contribution is 2.35. The standard InChI is InChI=1S/C13H15N3O3/c1-13(2,14)12-15-11(19-16-12)10-7-17-8-5-3-4-6-9(8)18-10/h3-6,10H,7,14H2,1-2H3. The summed E-state index contributed by atoms with van der Waals surface area (Å²) in [6.07, 6.45) is -0.404. The molecule has 1 aliphatic rings. The third-order valence-electron chi connectivity index (χ3n) is 2.80. The van der Waals surface area contributed by atoms with Crippen LogP contribution in [0.3, 0.4) is 0 Å². The van der Waals surface area contributed by atoms with Gasteiger partial charge in [-0.15, -0.1) is 0 Å². The fourth-order valence-corrected chi connectivity index (χ4v) is 1.77. The van der Waals surface area contributed by atoms with Crippen molar-refractivity contribution >= 4 is 0 Å². The number of nitrogens with zero attached hydrogens (tertiary/aromatic N) is 2. The van der Waals surface area contributed by atoms with Gasteiger partial charge in [0.15, 0.2) is 17.3 Å². The predicted molar refractivity (Wildman–Crippen MR) is 66.8 cm³/mol. The summed E-state index contributed by atoms with van der Waals surface area (Å²) in [5.41, 5.74) is 5.28. The zero-order valence-corrected chi connectivity index (χ0v) is 10.8. The van der Waals surface area contributed by atoms with Crippen LogP contribution < -0.4 is 15.2 Å². The summed E-state index contributed by atoms with van der Waals surface area (Å²) in [4.78, 5) is 4.27. The lowest BCUT2D eigenvalue weighted by Gasteiger charge is -2.23. The lowest BCUT2D eigenvalue weighted by Crippen LogP contribution is -2.30. The van der Waals surface area contributed by atoms with Crippen LogP contribution in [0.25, 0.3) is 0 Å². The Balaban J connectivity index is 1.83. The fraction of sp³-hybridized carbons (Fsp3) is 0.385. The van der Waals surface area contributed by atoms with Crippen molar-refractivity contribution in [3.8, 4) is 11.5 Å². The van der Waals surface area contributed by atoms with E-state index in [0.29, 0.717) is 24.1 Å². The summed E-state index contributed by atoms with van der Waals surface area (Å²) in [6.45, 7) is 3.97. The van der Waals surface area contributed by atoms with Crippen molar-refractivity contribution < 1.29 is 14.0 Å². The average molecular weight is 261 g/mol. The molecule has 0 radical (unpaired) electrons. The van der Waals surface area contributed by atoms with Gasteiger partial charge in [-0.05, 0) is 26.0 Å². The molecule has 1 unspecified atom stereocenters. The van der Waals surface area contributed by atoms with Gasteiger partial charge in [0.05, 0.1) is 5.54 Å². The molecule has 0 spiro atoms. The van der Waals surface area contributed by atoms with Gasteiger partial charge in [-0.3, -0.25) is 0 Å². The van der Waals surface area contributed by atoms with Crippen molar-refractivity contribution in [3.05, 3.63) is 36.0 Å². The molecule has 0 aliphatic carbocycles. The Labute approximate surface area is 110 Å². The molecule has 2 heterocycles. The first-order valence-corrected chi connectivity index (χ1v) is 6.05. The molecule has 3 rings (SSSR count). The van der Waals surface area contributed by atoms with Crippen LogP contribution in [0, 0.1) is 0 Å². The molecule has 1 aromatic carbocycles. The second kappa shape index (κ2) is 4.24. The smallest absolute Gasteiger partial charge is 0.271 e. The molecule has 2 aromatic rings. The molecule has 0 amide bonds. The average Bonchev–Trinajstić information content (AvgIpc) is 2.87. The van der Waals surface area contributed by atoms with Gasteiger partial charge < -0.3 is 19.7 Å². The normalized spacial score (nSPS) is 18.4. The van der Waals surface area contributed by atoms with E-state index in [2.05, 4.69) is 10.1 Å². The third-order valence-corrected chi connectivity index (χ3v) is 2.80. The fourth-order valence-electron chi connectivity index (χ4n) is 1.77. The van der Waals surface area contributed by atoms with Crippen LogP contribution in [0.1, 0.15) is 31.7 Å². The molecule has 0 fully saturated rings. The van der Waals surface area contributed by atoms with Crippen molar-refractivity contribution in [2.75, 3.05) is 6.61 Å². The van der Waals surface area contributed by atoms with E-state index in [1.54, 1.807) is 0 Å². The number of nitrogens with two attached hydrogens (primary N) is 1. The molecule has 6 nitrogen and oxygen atoms in total. The molecule has 1 aliphatic heterocycles. The highest BCUT2D eigenvalue weighted by molar-refractivity contribution is 5.40. The molecular formula is C13H15N3O3. The quantitative estimate of drug-likeness (QED) is 0.887. The van der Waals surface area contributed by atoms with E-state index in [4.69, 9.17) is 19.7 Å². The first kappa shape index (κ1) is 12.0. The highest BCUT2D eigenvalue weighted by Gasteiger charge is 2.30. The van der Waals surface area contributed by atoms with Gasteiger partial charge >= 0.3 is 0 Å². The first-order chi connectivity index (χ1) is 9.04. The number of fused-ring (bicyclic) bond motifs is 1. The number of benzene rings is 1. The second-order valence-corrected chi connectivity index (χ2v) is 5.04. The van der Waals surface area contributed by atoms with Crippen molar-refractivity contribution in [2.45, 2.75) is 25.5 Å². The van der Waals surface area contributed by atoms with Crippen molar-refractivity contribution in [3.63, 3.8) is 0 Å². The Hall–Kier alpha value is -2.08. The molecular weight excluding hydrogens is 246 g/mol. The summed E-state index contributed by atoms with van der Waals surface area (Å²) in [6, 6.07) is 7.47. The number of rotatable bonds is 2. The SMILES string of the molecule is CC(C)(N)c1noc(C2COc3ccccc3O2)n1. The van der Waals surface area contributed by atoms with E-state index in [9.17, 15) is 0 Å². The molecule has 2 N–H and O–H groups in total. The van der Waals surface area contributed by atoms with Gasteiger partial charge in [0, 0.05) is 0 Å². The summed E-state index contributed by atoms with van der Waals surface area (Å²) >= 11 is 0. The molecule has 0 saturated carbocycles. The molecule has 100 valence electrons.